The number of nitrogens with one attached hydrogen (secondary N) is 2. The Morgan fingerprint density at radius 1 is 1.25 bits per heavy atom. The quantitative estimate of drug-likeness (QED) is 0.703. The maximum atomic E-state index is 11.9. The Morgan fingerprint density at radius 2 is 1.94 bits per heavy atom. The van der Waals surface area contributed by atoms with Crippen molar-refractivity contribution < 1.29 is 4.79 Å². The Bertz CT molecular complexity index is 449. The number of rotatable bonds is 0. The molecule has 86 valence electrons. The van der Waals surface area contributed by atoms with Crippen LogP contribution in [-0.2, 0) is 4.79 Å². The number of anilines is 2. The predicted octanol–water partition coefficient (Wildman–Crippen LogP) is 2.69. The standard InChI is InChI=1S/C13H18N2O/c1-8-5-6-10-11(9(8)2)14-7-13(3,4)12(16)15-10/h5-6,14H,7H2,1-4H3,(H,15,16). The first-order chi connectivity index (χ1) is 7.42. The minimum Gasteiger partial charge on any atom is -0.382 e. The van der Waals surface area contributed by atoms with Crippen molar-refractivity contribution in [1.82, 2.24) is 0 Å². The van der Waals surface area contributed by atoms with Gasteiger partial charge in [-0.15, -0.1) is 0 Å². The molecule has 2 rings (SSSR count). The number of carbonyl (C=O) groups is 1. The van der Waals surface area contributed by atoms with E-state index in [9.17, 15) is 4.79 Å². The molecule has 0 aromatic heterocycles. The van der Waals surface area contributed by atoms with E-state index in [4.69, 9.17) is 0 Å². The van der Waals surface area contributed by atoms with E-state index >= 15 is 0 Å². The second-order valence-electron chi connectivity index (χ2n) is 5.12. The van der Waals surface area contributed by atoms with Crippen molar-refractivity contribution in [2.45, 2.75) is 27.7 Å². The van der Waals surface area contributed by atoms with Crippen molar-refractivity contribution in [3.8, 4) is 0 Å². The van der Waals surface area contributed by atoms with E-state index in [0.717, 1.165) is 11.4 Å². The van der Waals surface area contributed by atoms with Crippen molar-refractivity contribution in [2.24, 2.45) is 5.41 Å². The average Bonchev–Trinajstić information content (AvgIpc) is 2.32. The molecule has 0 aliphatic carbocycles. The molecule has 3 nitrogen and oxygen atoms in total. The van der Waals surface area contributed by atoms with Crippen LogP contribution in [0.3, 0.4) is 0 Å². The second kappa shape index (κ2) is 3.51. The average molecular weight is 218 g/mol. The highest BCUT2D eigenvalue weighted by Crippen LogP contribution is 2.33. The fourth-order valence-electron chi connectivity index (χ4n) is 1.83. The molecule has 0 unspecified atom stereocenters. The monoisotopic (exact) mass is 218 g/mol. The first-order valence-electron chi connectivity index (χ1n) is 5.57. The van der Waals surface area contributed by atoms with Gasteiger partial charge in [-0.05, 0) is 44.9 Å². The van der Waals surface area contributed by atoms with Gasteiger partial charge in [0.1, 0.15) is 0 Å². The van der Waals surface area contributed by atoms with E-state index in [2.05, 4.69) is 24.5 Å². The maximum Gasteiger partial charge on any atom is 0.231 e. The number of hydrogen-bond donors (Lipinski definition) is 2. The molecule has 0 radical (unpaired) electrons. The highest BCUT2D eigenvalue weighted by atomic mass is 16.2. The van der Waals surface area contributed by atoms with E-state index in [1.807, 2.05) is 26.0 Å². The molecule has 2 N–H and O–H groups in total. The van der Waals surface area contributed by atoms with Crippen LogP contribution < -0.4 is 10.6 Å². The van der Waals surface area contributed by atoms with Gasteiger partial charge in [-0.25, -0.2) is 0 Å². The molecular weight excluding hydrogens is 200 g/mol. The summed E-state index contributed by atoms with van der Waals surface area (Å²) in [6, 6.07) is 4.00. The van der Waals surface area contributed by atoms with Crippen LogP contribution in [-0.4, -0.2) is 12.5 Å². The van der Waals surface area contributed by atoms with E-state index < -0.39 is 0 Å². The van der Waals surface area contributed by atoms with Gasteiger partial charge < -0.3 is 10.6 Å². The van der Waals surface area contributed by atoms with Crippen LogP contribution in [0, 0.1) is 19.3 Å². The molecule has 1 aliphatic rings. The Kier molecular flexibility index (Phi) is 2.41. The number of carbonyl (C=O) groups excluding carboxylic acids is 1. The molecule has 1 amide bonds. The third-order valence-corrected chi connectivity index (χ3v) is 3.31. The SMILES string of the molecule is Cc1ccc2c(c1C)NCC(C)(C)C(=O)N2. The summed E-state index contributed by atoms with van der Waals surface area (Å²) >= 11 is 0. The molecule has 1 heterocycles. The lowest BCUT2D eigenvalue weighted by molar-refractivity contribution is -0.123. The largest absolute Gasteiger partial charge is 0.382 e. The molecular formula is C13H18N2O. The van der Waals surface area contributed by atoms with Gasteiger partial charge in [-0.2, -0.15) is 0 Å². The summed E-state index contributed by atoms with van der Waals surface area (Å²) in [4.78, 5) is 11.9. The van der Waals surface area contributed by atoms with E-state index in [1.54, 1.807) is 0 Å². The molecule has 3 heteroatoms. The summed E-state index contributed by atoms with van der Waals surface area (Å²) in [5, 5.41) is 6.35. The number of aryl methyl sites for hydroxylation is 1. The predicted molar refractivity (Wildman–Crippen MR) is 66.8 cm³/mol. The van der Waals surface area contributed by atoms with Crippen LogP contribution in [0.4, 0.5) is 11.4 Å². The van der Waals surface area contributed by atoms with Crippen molar-refractivity contribution in [1.29, 1.82) is 0 Å². The zero-order chi connectivity index (χ0) is 11.9. The Balaban J connectivity index is 2.49. The van der Waals surface area contributed by atoms with Crippen molar-refractivity contribution >= 4 is 17.3 Å². The molecule has 1 aliphatic heterocycles. The van der Waals surface area contributed by atoms with Crippen LogP contribution in [0.1, 0.15) is 25.0 Å². The summed E-state index contributed by atoms with van der Waals surface area (Å²) in [7, 11) is 0. The topological polar surface area (TPSA) is 41.1 Å². The van der Waals surface area contributed by atoms with Crippen LogP contribution in [0.5, 0.6) is 0 Å². The highest BCUT2D eigenvalue weighted by molar-refractivity contribution is 6.00. The van der Waals surface area contributed by atoms with Crippen molar-refractivity contribution in [3.63, 3.8) is 0 Å². The smallest absolute Gasteiger partial charge is 0.231 e. The second-order valence-corrected chi connectivity index (χ2v) is 5.12. The number of benzene rings is 1. The highest BCUT2D eigenvalue weighted by Gasteiger charge is 2.31. The van der Waals surface area contributed by atoms with Crippen LogP contribution in [0.25, 0.3) is 0 Å². The summed E-state index contributed by atoms with van der Waals surface area (Å²) in [6.07, 6.45) is 0. The van der Waals surface area contributed by atoms with Crippen molar-refractivity contribution in [3.05, 3.63) is 23.3 Å². The summed E-state index contributed by atoms with van der Waals surface area (Å²) in [6.45, 7) is 8.71. The van der Waals surface area contributed by atoms with Gasteiger partial charge in [0.2, 0.25) is 5.91 Å². The van der Waals surface area contributed by atoms with Crippen LogP contribution in [0.15, 0.2) is 12.1 Å². The van der Waals surface area contributed by atoms with Gasteiger partial charge in [0, 0.05) is 6.54 Å². The zero-order valence-corrected chi connectivity index (χ0v) is 10.3. The van der Waals surface area contributed by atoms with Gasteiger partial charge in [0.05, 0.1) is 16.8 Å². The molecule has 0 bridgehead atoms. The van der Waals surface area contributed by atoms with E-state index in [1.165, 1.54) is 11.1 Å². The first-order valence-corrected chi connectivity index (χ1v) is 5.57. The summed E-state index contributed by atoms with van der Waals surface area (Å²) in [5.41, 5.74) is 4.01. The molecule has 0 spiro atoms. The van der Waals surface area contributed by atoms with Crippen LogP contribution >= 0.6 is 0 Å². The molecule has 0 atom stereocenters. The van der Waals surface area contributed by atoms with Gasteiger partial charge in [0.15, 0.2) is 0 Å². The minimum atomic E-state index is -0.376. The molecule has 0 saturated carbocycles. The lowest BCUT2D eigenvalue weighted by atomic mass is 9.93. The summed E-state index contributed by atoms with van der Waals surface area (Å²) < 4.78 is 0. The summed E-state index contributed by atoms with van der Waals surface area (Å²) in [5.74, 6) is 0.0713. The number of fused-ring (bicyclic) bond motifs is 1. The zero-order valence-electron chi connectivity index (χ0n) is 10.3. The molecule has 0 fully saturated rings. The van der Waals surface area contributed by atoms with Gasteiger partial charge in [-0.1, -0.05) is 6.07 Å². The van der Waals surface area contributed by atoms with Gasteiger partial charge >= 0.3 is 0 Å². The van der Waals surface area contributed by atoms with E-state index in [0.29, 0.717) is 6.54 Å². The maximum absolute atomic E-state index is 11.9. The van der Waals surface area contributed by atoms with E-state index in [-0.39, 0.29) is 11.3 Å². The normalized spacial score (nSPS) is 18.1. The fourth-order valence-corrected chi connectivity index (χ4v) is 1.83. The molecule has 1 aromatic rings. The van der Waals surface area contributed by atoms with Gasteiger partial charge in [0.25, 0.3) is 0 Å². The first kappa shape index (κ1) is 11.0. The number of amides is 1. The molecule has 16 heavy (non-hydrogen) atoms. The molecule has 1 aromatic carbocycles. The Hall–Kier alpha value is -1.51. The molecule has 0 saturated heterocycles. The third-order valence-electron chi connectivity index (χ3n) is 3.31. The van der Waals surface area contributed by atoms with Crippen molar-refractivity contribution in [2.75, 3.05) is 17.2 Å². The fraction of sp³-hybridized carbons (Fsp3) is 0.462. The Morgan fingerprint density at radius 3 is 2.62 bits per heavy atom. The van der Waals surface area contributed by atoms with Crippen LogP contribution in [0.2, 0.25) is 0 Å². The third kappa shape index (κ3) is 1.66. The number of hydrogen-bond acceptors (Lipinski definition) is 2. The minimum absolute atomic E-state index is 0.0713. The lowest BCUT2D eigenvalue weighted by Crippen LogP contribution is -2.34. The lowest BCUT2D eigenvalue weighted by Gasteiger charge is -2.19. The Labute approximate surface area is 96.2 Å². The van der Waals surface area contributed by atoms with Gasteiger partial charge in [-0.3, -0.25) is 4.79 Å².